The van der Waals surface area contributed by atoms with Crippen LogP contribution in [0.3, 0.4) is 0 Å². The molecule has 114 valence electrons. The van der Waals surface area contributed by atoms with Gasteiger partial charge in [-0.3, -0.25) is 9.59 Å². The standard InChI is InChI=1S/C17H16BrNO2S/c1-11(20)22-10-12-8-17(21)19(9-12)16-7-3-4-13-14(16)5-2-6-15(13)18/h2-7,12H,8-10H2,1H3. The Bertz CT molecular complexity index is 747. The molecule has 1 heterocycles. The van der Waals surface area contributed by atoms with Crippen molar-refractivity contribution < 1.29 is 9.59 Å². The fourth-order valence-corrected chi connectivity index (χ4v) is 4.04. The Morgan fingerprint density at radius 1 is 1.27 bits per heavy atom. The van der Waals surface area contributed by atoms with Crippen LogP contribution in [-0.4, -0.2) is 23.3 Å². The number of carbonyl (C=O) groups excluding carboxylic acids is 2. The quantitative estimate of drug-likeness (QED) is 0.802. The molecule has 2 aromatic rings. The average Bonchev–Trinajstić information content (AvgIpc) is 2.86. The van der Waals surface area contributed by atoms with Gasteiger partial charge >= 0.3 is 0 Å². The third kappa shape index (κ3) is 3.06. The molecule has 2 aromatic carbocycles. The monoisotopic (exact) mass is 377 g/mol. The van der Waals surface area contributed by atoms with Crippen LogP contribution < -0.4 is 4.90 Å². The van der Waals surface area contributed by atoms with Crippen molar-refractivity contribution in [2.45, 2.75) is 13.3 Å². The minimum absolute atomic E-state index is 0.111. The third-order valence-electron chi connectivity index (χ3n) is 3.86. The lowest BCUT2D eigenvalue weighted by atomic mass is 10.1. The lowest BCUT2D eigenvalue weighted by molar-refractivity contribution is -0.117. The molecule has 0 saturated carbocycles. The van der Waals surface area contributed by atoms with Crippen LogP contribution in [0.1, 0.15) is 13.3 Å². The highest BCUT2D eigenvalue weighted by atomic mass is 79.9. The normalized spacial score (nSPS) is 18.2. The van der Waals surface area contributed by atoms with E-state index in [0.29, 0.717) is 18.7 Å². The second-order valence-electron chi connectivity index (χ2n) is 5.49. The first-order valence-electron chi connectivity index (χ1n) is 7.17. The molecule has 0 N–H and O–H groups in total. The van der Waals surface area contributed by atoms with Gasteiger partial charge in [0.2, 0.25) is 5.91 Å². The molecule has 5 heteroatoms. The third-order valence-corrected chi connectivity index (χ3v) is 5.60. The summed E-state index contributed by atoms with van der Waals surface area (Å²) in [4.78, 5) is 25.3. The molecule has 22 heavy (non-hydrogen) atoms. The lowest BCUT2D eigenvalue weighted by Crippen LogP contribution is -2.25. The van der Waals surface area contributed by atoms with E-state index in [1.54, 1.807) is 6.92 Å². The predicted molar refractivity (Wildman–Crippen MR) is 95.2 cm³/mol. The number of benzene rings is 2. The van der Waals surface area contributed by atoms with Crippen molar-refractivity contribution in [3.63, 3.8) is 0 Å². The highest BCUT2D eigenvalue weighted by Crippen LogP contribution is 2.35. The maximum absolute atomic E-state index is 12.4. The largest absolute Gasteiger partial charge is 0.311 e. The van der Waals surface area contributed by atoms with Crippen LogP contribution in [-0.2, 0) is 9.59 Å². The lowest BCUT2D eigenvalue weighted by Gasteiger charge is -2.19. The summed E-state index contributed by atoms with van der Waals surface area (Å²) in [6.45, 7) is 2.26. The maximum atomic E-state index is 12.4. The van der Waals surface area contributed by atoms with Gasteiger partial charge in [0.05, 0.1) is 5.69 Å². The summed E-state index contributed by atoms with van der Waals surface area (Å²) in [5.41, 5.74) is 0.958. The maximum Gasteiger partial charge on any atom is 0.227 e. The number of amides is 1. The molecule has 1 amide bonds. The predicted octanol–water partition coefficient (Wildman–Crippen LogP) is 4.23. The van der Waals surface area contributed by atoms with E-state index in [0.717, 1.165) is 20.9 Å². The van der Waals surface area contributed by atoms with Crippen LogP contribution in [0.25, 0.3) is 10.8 Å². The number of carbonyl (C=O) groups is 2. The molecule has 0 bridgehead atoms. The van der Waals surface area contributed by atoms with E-state index < -0.39 is 0 Å². The van der Waals surface area contributed by atoms with Crippen molar-refractivity contribution in [1.29, 1.82) is 0 Å². The van der Waals surface area contributed by atoms with Crippen LogP contribution >= 0.6 is 27.7 Å². The number of halogens is 1. The van der Waals surface area contributed by atoms with Crippen molar-refractivity contribution >= 4 is 55.2 Å². The molecule has 0 radical (unpaired) electrons. The number of fused-ring (bicyclic) bond motifs is 1. The summed E-state index contributed by atoms with van der Waals surface area (Å²) in [6, 6.07) is 12.1. The summed E-state index contributed by atoms with van der Waals surface area (Å²) < 4.78 is 1.03. The van der Waals surface area contributed by atoms with Gasteiger partial charge in [0.1, 0.15) is 0 Å². The van der Waals surface area contributed by atoms with E-state index in [9.17, 15) is 9.59 Å². The van der Waals surface area contributed by atoms with Gasteiger partial charge < -0.3 is 4.90 Å². The minimum Gasteiger partial charge on any atom is -0.311 e. The first kappa shape index (κ1) is 15.6. The Hall–Kier alpha value is -1.33. The number of anilines is 1. The molecule has 3 rings (SSSR count). The Morgan fingerprint density at radius 2 is 2.00 bits per heavy atom. The Kier molecular flexibility index (Phi) is 4.54. The molecular weight excluding hydrogens is 362 g/mol. The first-order valence-corrected chi connectivity index (χ1v) is 8.95. The Labute approximate surface area is 142 Å². The van der Waals surface area contributed by atoms with Crippen molar-refractivity contribution in [1.82, 2.24) is 0 Å². The zero-order chi connectivity index (χ0) is 15.7. The molecule has 1 saturated heterocycles. The van der Waals surface area contributed by atoms with E-state index >= 15 is 0 Å². The van der Waals surface area contributed by atoms with Crippen LogP contribution in [0, 0.1) is 5.92 Å². The smallest absolute Gasteiger partial charge is 0.227 e. The highest BCUT2D eigenvalue weighted by molar-refractivity contribution is 9.10. The van der Waals surface area contributed by atoms with Crippen molar-refractivity contribution in [3.05, 3.63) is 40.9 Å². The van der Waals surface area contributed by atoms with Gasteiger partial charge in [-0.2, -0.15) is 0 Å². The zero-order valence-electron chi connectivity index (χ0n) is 12.2. The van der Waals surface area contributed by atoms with Gasteiger partial charge in [-0.25, -0.2) is 0 Å². The number of rotatable bonds is 3. The van der Waals surface area contributed by atoms with Gasteiger partial charge in [-0.05, 0) is 23.4 Å². The van der Waals surface area contributed by atoms with Crippen LogP contribution in [0.15, 0.2) is 40.9 Å². The van der Waals surface area contributed by atoms with Gasteiger partial charge in [0.25, 0.3) is 0 Å². The van der Waals surface area contributed by atoms with Gasteiger partial charge in [-0.1, -0.05) is 52.0 Å². The Morgan fingerprint density at radius 3 is 2.77 bits per heavy atom. The first-order chi connectivity index (χ1) is 10.6. The molecule has 0 aromatic heterocycles. The number of thioether (sulfide) groups is 1. The Balaban J connectivity index is 1.90. The second-order valence-corrected chi connectivity index (χ2v) is 7.54. The van der Waals surface area contributed by atoms with E-state index in [4.69, 9.17) is 0 Å². The zero-order valence-corrected chi connectivity index (χ0v) is 14.6. The van der Waals surface area contributed by atoms with E-state index in [2.05, 4.69) is 15.9 Å². The molecule has 1 aliphatic rings. The summed E-state index contributed by atoms with van der Waals surface area (Å²) >= 11 is 4.87. The van der Waals surface area contributed by atoms with Gasteiger partial charge in [0, 0.05) is 35.5 Å². The molecule has 0 aliphatic carbocycles. The van der Waals surface area contributed by atoms with Crippen molar-refractivity contribution in [2.24, 2.45) is 5.92 Å². The minimum atomic E-state index is 0.111. The van der Waals surface area contributed by atoms with E-state index in [1.165, 1.54) is 11.8 Å². The van der Waals surface area contributed by atoms with Crippen LogP contribution in [0.4, 0.5) is 5.69 Å². The van der Waals surface area contributed by atoms with E-state index in [1.807, 2.05) is 41.3 Å². The van der Waals surface area contributed by atoms with Crippen LogP contribution in [0.2, 0.25) is 0 Å². The second kappa shape index (κ2) is 6.42. The molecule has 1 aliphatic heterocycles. The van der Waals surface area contributed by atoms with Gasteiger partial charge in [0.15, 0.2) is 5.12 Å². The fraction of sp³-hybridized carbons (Fsp3) is 0.294. The summed E-state index contributed by atoms with van der Waals surface area (Å²) in [5, 5.41) is 2.29. The average molecular weight is 378 g/mol. The summed E-state index contributed by atoms with van der Waals surface area (Å²) in [5.74, 6) is 1.09. The summed E-state index contributed by atoms with van der Waals surface area (Å²) in [6.07, 6.45) is 0.519. The van der Waals surface area contributed by atoms with Crippen molar-refractivity contribution in [3.8, 4) is 0 Å². The molecule has 1 fully saturated rings. The molecule has 1 atom stereocenters. The number of hydrogen-bond acceptors (Lipinski definition) is 3. The highest BCUT2D eigenvalue weighted by Gasteiger charge is 2.31. The fourth-order valence-electron chi connectivity index (χ4n) is 2.85. The van der Waals surface area contributed by atoms with E-state index in [-0.39, 0.29) is 16.9 Å². The molecule has 3 nitrogen and oxygen atoms in total. The molecule has 1 unspecified atom stereocenters. The summed E-state index contributed by atoms with van der Waals surface area (Å²) in [7, 11) is 0. The molecular formula is C17H16BrNO2S. The van der Waals surface area contributed by atoms with Crippen LogP contribution in [0.5, 0.6) is 0 Å². The van der Waals surface area contributed by atoms with Crippen molar-refractivity contribution in [2.75, 3.05) is 17.2 Å². The number of hydrogen-bond donors (Lipinski definition) is 0. The molecule has 0 spiro atoms. The SMILES string of the molecule is CC(=O)SCC1CC(=O)N(c2cccc3c(Br)cccc23)C1. The topological polar surface area (TPSA) is 37.4 Å². The number of nitrogens with zero attached hydrogens (tertiary/aromatic N) is 1. The van der Waals surface area contributed by atoms with Gasteiger partial charge in [-0.15, -0.1) is 0 Å².